The molecule has 2 aromatic rings. The van der Waals surface area contributed by atoms with Gasteiger partial charge >= 0.3 is 0 Å². The highest BCUT2D eigenvalue weighted by Gasteiger charge is 2.20. The number of benzene rings is 1. The van der Waals surface area contributed by atoms with Gasteiger partial charge in [-0.05, 0) is 49.2 Å². The maximum absolute atomic E-state index is 4.40. The molecule has 0 bridgehead atoms. The molecule has 0 saturated carbocycles. The smallest absolute Gasteiger partial charge is 0.191 e. The molecule has 1 saturated heterocycles. The van der Waals surface area contributed by atoms with E-state index in [9.17, 15) is 0 Å². The number of likely N-dealkylation sites (tertiary alicyclic amines) is 1. The van der Waals surface area contributed by atoms with E-state index in [1.165, 1.54) is 29.8 Å². The van der Waals surface area contributed by atoms with Crippen LogP contribution in [0.1, 0.15) is 36.2 Å². The van der Waals surface area contributed by atoms with Crippen LogP contribution in [0.4, 0.5) is 0 Å². The van der Waals surface area contributed by atoms with Gasteiger partial charge in [0.05, 0.1) is 6.04 Å². The minimum Gasteiger partial charge on any atom is -0.356 e. The molecule has 2 heterocycles. The lowest BCUT2D eigenvalue weighted by Gasteiger charge is -2.33. The molecule has 4 nitrogen and oxygen atoms in total. The van der Waals surface area contributed by atoms with Crippen LogP contribution in [-0.2, 0) is 6.54 Å². The third-order valence-electron chi connectivity index (χ3n) is 5.00. The maximum atomic E-state index is 4.40. The molecule has 140 valence electrons. The van der Waals surface area contributed by atoms with Crippen molar-refractivity contribution in [1.29, 1.82) is 0 Å². The number of nitrogens with zero attached hydrogens (tertiary/aromatic N) is 2. The summed E-state index contributed by atoms with van der Waals surface area (Å²) < 4.78 is 0. The predicted octanol–water partition coefficient (Wildman–Crippen LogP) is 3.89. The van der Waals surface area contributed by atoms with Crippen molar-refractivity contribution in [3.05, 3.63) is 58.3 Å². The van der Waals surface area contributed by atoms with E-state index in [0.717, 1.165) is 25.6 Å². The van der Waals surface area contributed by atoms with Gasteiger partial charge in [0.2, 0.25) is 0 Å². The number of hydrogen-bond donors (Lipinski definition) is 2. The second kappa shape index (κ2) is 9.74. The van der Waals surface area contributed by atoms with Crippen LogP contribution in [0, 0.1) is 5.92 Å². The molecule has 5 heteroatoms. The Morgan fingerprint density at radius 3 is 2.85 bits per heavy atom. The molecule has 0 spiro atoms. The molecule has 1 aromatic heterocycles. The van der Waals surface area contributed by atoms with Crippen LogP contribution in [0.2, 0.25) is 0 Å². The van der Waals surface area contributed by atoms with E-state index in [0.29, 0.717) is 5.92 Å². The number of nitrogens with one attached hydrogen (secondary N) is 2. The van der Waals surface area contributed by atoms with Crippen LogP contribution in [0.5, 0.6) is 0 Å². The van der Waals surface area contributed by atoms with Gasteiger partial charge in [-0.1, -0.05) is 36.4 Å². The fourth-order valence-electron chi connectivity index (χ4n) is 3.55. The zero-order valence-corrected chi connectivity index (χ0v) is 16.6. The Bertz CT molecular complexity index is 669. The second-order valence-electron chi connectivity index (χ2n) is 7.05. The first kappa shape index (κ1) is 18.9. The molecule has 2 atom stereocenters. The van der Waals surface area contributed by atoms with Crippen molar-refractivity contribution < 1.29 is 0 Å². The van der Waals surface area contributed by atoms with Crippen LogP contribution in [0.25, 0.3) is 0 Å². The number of guanidine groups is 1. The van der Waals surface area contributed by atoms with Gasteiger partial charge in [-0.25, -0.2) is 0 Å². The van der Waals surface area contributed by atoms with E-state index < -0.39 is 0 Å². The van der Waals surface area contributed by atoms with Crippen molar-refractivity contribution in [3.8, 4) is 0 Å². The Kier molecular flexibility index (Phi) is 7.09. The van der Waals surface area contributed by atoms with E-state index >= 15 is 0 Å². The Labute approximate surface area is 161 Å². The third kappa shape index (κ3) is 5.58. The van der Waals surface area contributed by atoms with Gasteiger partial charge in [0.15, 0.2) is 5.96 Å². The molecule has 0 amide bonds. The third-order valence-corrected chi connectivity index (χ3v) is 5.86. The molecule has 2 unspecified atom stereocenters. The van der Waals surface area contributed by atoms with Crippen molar-refractivity contribution >= 4 is 17.3 Å². The Balaban J connectivity index is 1.45. The first-order valence-electron chi connectivity index (χ1n) is 9.51. The molecule has 3 rings (SSSR count). The number of piperidine rings is 1. The monoisotopic (exact) mass is 370 g/mol. The first-order chi connectivity index (χ1) is 12.7. The second-order valence-corrected chi connectivity index (χ2v) is 8.08. The SMILES string of the molecule is CN=C(NCC1CCCN(Cc2cccs2)C1)NC(C)c1ccccc1. The number of aliphatic imine (C=N–C) groups is 1. The Morgan fingerprint density at radius 1 is 1.27 bits per heavy atom. The molecule has 0 aliphatic carbocycles. The van der Waals surface area contributed by atoms with Gasteiger partial charge in [0.25, 0.3) is 0 Å². The van der Waals surface area contributed by atoms with E-state index in [2.05, 4.69) is 69.2 Å². The van der Waals surface area contributed by atoms with Crippen LogP contribution in [0.3, 0.4) is 0 Å². The molecular weight excluding hydrogens is 340 g/mol. The summed E-state index contributed by atoms with van der Waals surface area (Å²) in [6.45, 7) is 6.61. The molecule has 1 fully saturated rings. The predicted molar refractivity (Wildman–Crippen MR) is 112 cm³/mol. The van der Waals surface area contributed by atoms with Gasteiger partial charge in [0, 0.05) is 31.6 Å². The molecule has 2 N–H and O–H groups in total. The maximum Gasteiger partial charge on any atom is 0.191 e. The highest BCUT2D eigenvalue weighted by atomic mass is 32.1. The van der Waals surface area contributed by atoms with Crippen molar-refractivity contribution in [1.82, 2.24) is 15.5 Å². The summed E-state index contributed by atoms with van der Waals surface area (Å²) in [6.07, 6.45) is 2.57. The number of rotatable bonds is 6. The largest absolute Gasteiger partial charge is 0.356 e. The van der Waals surface area contributed by atoms with Gasteiger partial charge < -0.3 is 10.6 Å². The molecule has 26 heavy (non-hydrogen) atoms. The summed E-state index contributed by atoms with van der Waals surface area (Å²) in [5.41, 5.74) is 1.27. The standard InChI is InChI=1S/C21H30N4S/c1-17(19-9-4-3-5-10-19)24-21(22-2)23-14-18-8-6-12-25(15-18)16-20-11-7-13-26-20/h3-5,7,9-11,13,17-18H,6,8,12,14-16H2,1-2H3,(H2,22,23,24). The lowest BCUT2D eigenvalue weighted by molar-refractivity contribution is 0.169. The highest BCUT2D eigenvalue weighted by Crippen LogP contribution is 2.20. The fraction of sp³-hybridized carbons (Fsp3) is 0.476. The molecule has 1 aromatic carbocycles. The zero-order chi connectivity index (χ0) is 18.2. The zero-order valence-electron chi connectivity index (χ0n) is 15.8. The molecule has 1 aliphatic heterocycles. The number of hydrogen-bond acceptors (Lipinski definition) is 3. The quantitative estimate of drug-likeness (QED) is 0.599. The van der Waals surface area contributed by atoms with Crippen molar-refractivity contribution in [3.63, 3.8) is 0 Å². The molecule has 0 radical (unpaired) electrons. The van der Waals surface area contributed by atoms with Crippen LogP contribution in [-0.4, -0.2) is 37.5 Å². The lowest BCUT2D eigenvalue weighted by atomic mass is 9.98. The summed E-state index contributed by atoms with van der Waals surface area (Å²) in [4.78, 5) is 8.45. The average molecular weight is 371 g/mol. The van der Waals surface area contributed by atoms with Crippen LogP contribution < -0.4 is 10.6 Å². The van der Waals surface area contributed by atoms with Crippen molar-refractivity contribution in [2.45, 2.75) is 32.4 Å². The molecular formula is C21H30N4S. The first-order valence-corrected chi connectivity index (χ1v) is 10.4. The highest BCUT2D eigenvalue weighted by molar-refractivity contribution is 7.09. The van der Waals surface area contributed by atoms with E-state index in [4.69, 9.17) is 0 Å². The lowest BCUT2D eigenvalue weighted by Crippen LogP contribution is -2.44. The summed E-state index contributed by atoms with van der Waals surface area (Å²) in [7, 11) is 1.84. The van der Waals surface area contributed by atoms with E-state index in [-0.39, 0.29) is 6.04 Å². The number of thiophene rings is 1. The van der Waals surface area contributed by atoms with E-state index in [1.54, 1.807) is 0 Å². The average Bonchev–Trinajstić information content (AvgIpc) is 3.19. The summed E-state index contributed by atoms with van der Waals surface area (Å²) in [5.74, 6) is 1.56. The van der Waals surface area contributed by atoms with Crippen LogP contribution in [0.15, 0.2) is 52.8 Å². The minimum absolute atomic E-state index is 0.240. The van der Waals surface area contributed by atoms with Gasteiger partial charge in [-0.3, -0.25) is 9.89 Å². The summed E-state index contributed by atoms with van der Waals surface area (Å²) in [6, 6.07) is 15.1. The molecule has 1 aliphatic rings. The van der Waals surface area contributed by atoms with E-state index in [1.807, 2.05) is 24.5 Å². The normalized spacial score (nSPS) is 19.9. The van der Waals surface area contributed by atoms with Gasteiger partial charge in [0.1, 0.15) is 0 Å². The van der Waals surface area contributed by atoms with Crippen molar-refractivity contribution in [2.75, 3.05) is 26.7 Å². The summed E-state index contributed by atoms with van der Waals surface area (Å²) >= 11 is 1.86. The topological polar surface area (TPSA) is 39.7 Å². The van der Waals surface area contributed by atoms with Crippen molar-refractivity contribution in [2.24, 2.45) is 10.9 Å². The summed E-state index contributed by atoms with van der Waals surface area (Å²) in [5, 5.41) is 9.20. The van der Waals surface area contributed by atoms with Gasteiger partial charge in [-0.2, -0.15) is 0 Å². The fourth-order valence-corrected chi connectivity index (χ4v) is 4.30. The Morgan fingerprint density at radius 2 is 2.12 bits per heavy atom. The minimum atomic E-state index is 0.240. The van der Waals surface area contributed by atoms with Crippen LogP contribution >= 0.6 is 11.3 Å². The van der Waals surface area contributed by atoms with Gasteiger partial charge in [-0.15, -0.1) is 11.3 Å². The Hall–Kier alpha value is -1.85.